The van der Waals surface area contributed by atoms with Gasteiger partial charge in [0.2, 0.25) is 0 Å². The minimum Gasteiger partial charge on any atom is -0.736 e. The zero-order valence-corrected chi connectivity index (χ0v) is 19.7. The van der Waals surface area contributed by atoms with Crippen molar-refractivity contribution in [1.29, 1.82) is 0 Å². The van der Waals surface area contributed by atoms with E-state index in [4.69, 9.17) is 9.05 Å². The second kappa shape index (κ2) is 9.75. The van der Waals surface area contributed by atoms with Crippen molar-refractivity contribution in [1.82, 2.24) is 0 Å². The molecule has 144 valence electrons. The third-order valence-corrected chi connectivity index (χ3v) is 5.07. The molecule has 0 N–H and O–H groups in total. The fourth-order valence-corrected chi connectivity index (χ4v) is 3.90. The Labute approximate surface area is 192 Å². The summed E-state index contributed by atoms with van der Waals surface area (Å²) in [5.41, 5.74) is 4.01. The summed E-state index contributed by atoms with van der Waals surface area (Å²) in [5, 5.41) is 0. The van der Waals surface area contributed by atoms with Gasteiger partial charge in [-0.05, 0) is 68.3 Å². The molecule has 0 aliphatic rings. The standard InChI is InChI=1S/C22H21O5P.Na/c1-15-13-16(2)21(17(3)14-15)22(23)18-9-11-20(12-10-18)27-28(24,25)26-19-7-5-4-6-8-19;/h4-14H,1-3H3,(H,24,25);/q;+1/p-1. The van der Waals surface area contributed by atoms with E-state index < -0.39 is 7.82 Å². The van der Waals surface area contributed by atoms with E-state index in [2.05, 4.69) is 0 Å². The van der Waals surface area contributed by atoms with Crippen LogP contribution in [0.25, 0.3) is 0 Å². The molecule has 5 nitrogen and oxygen atoms in total. The quantitative estimate of drug-likeness (QED) is 0.347. The molecular formula is C22H20NaO5P. The van der Waals surface area contributed by atoms with Crippen molar-refractivity contribution >= 4 is 13.6 Å². The predicted octanol–water partition coefficient (Wildman–Crippen LogP) is 1.77. The smallest absolute Gasteiger partial charge is 0.736 e. The van der Waals surface area contributed by atoms with E-state index in [1.165, 1.54) is 24.3 Å². The van der Waals surface area contributed by atoms with Crippen molar-refractivity contribution in [2.24, 2.45) is 0 Å². The Morgan fingerprint density at radius 3 is 1.83 bits per heavy atom. The van der Waals surface area contributed by atoms with Crippen molar-refractivity contribution < 1.29 is 52.9 Å². The molecular weight excluding hydrogens is 398 g/mol. The van der Waals surface area contributed by atoms with Crippen LogP contribution in [-0.2, 0) is 4.57 Å². The number of carbonyl (C=O) groups is 1. The van der Waals surface area contributed by atoms with Crippen LogP contribution in [0.4, 0.5) is 0 Å². The molecule has 0 aliphatic carbocycles. The minimum absolute atomic E-state index is 0. The number of hydrogen-bond donors (Lipinski definition) is 0. The first kappa shape index (κ1) is 23.4. The SMILES string of the molecule is Cc1cc(C)c(C(=O)c2ccc(OP(=O)([O-])Oc3ccccc3)cc2)c(C)c1.[Na+]. The first-order valence-corrected chi connectivity index (χ1v) is 10.2. The molecule has 0 saturated heterocycles. The van der Waals surface area contributed by atoms with Crippen LogP contribution < -0.4 is 43.5 Å². The van der Waals surface area contributed by atoms with Crippen LogP contribution in [0.15, 0.2) is 66.7 Å². The second-order valence-electron chi connectivity index (χ2n) is 6.57. The maximum Gasteiger partial charge on any atom is 1.00 e. The van der Waals surface area contributed by atoms with Gasteiger partial charge in [0, 0.05) is 11.1 Å². The Morgan fingerprint density at radius 1 is 0.828 bits per heavy atom. The molecule has 0 bridgehead atoms. The average molecular weight is 418 g/mol. The van der Waals surface area contributed by atoms with Gasteiger partial charge in [0.05, 0.1) is 0 Å². The van der Waals surface area contributed by atoms with Gasteiger partial charge in [-0.2, -0.15) is 0 Å². The van der Waals surface area contributed by atoms with Crippen LogP contribution in [0.3, 0.4) is 0 Å². The molecule has 0 amide bonds. The van der Waals surface area contributed by atoms with Crippen molar-refractivity contribution in [2.45, 2.75) is 20.8 Å². The van der Waals surface area contributed by atoms with Crippen molar-refractivity contribution in [2.75, 3.05) is 0 Å². The van der Waals surface area contributed by atoms with Gasteiger partial charge in [-0.1, -0.05) is 35.9 Å². The Bertz CT molecular complexity index is 1030. The zero-order valence-electron chi connectivity index (χ0n) is 16.8. The summed E-state index contributed by atoms with van der Waals surface area (Å²) >= 11 is 0. The minimum atomic E-state index is -4.59. The van der Waals surface area contributed by atoms with Crippen molar-refractivity contribution in [3.8, 4) is 11.5 Å². The number of para-hydroxylation sites is 1. The number of ketones is 1. The summed E-state index contributed by atoms with van der Waals surface area (Å²) in [7, 11) is -4.59. The first-order chi connectivity index (χ1) is 13.2. The van der Waals surface area contributed by atoms with Crippen molar-refractivity contribution in [3.63, 3.8) is 0 Å². The van der Waals surface area contributed by atoms with E-state index in [1.54, 1.807) is 30.3 Å². The molecule has 0 radical (unpaired) electrons. The predicted molar refractivity (Wildman–Crippen MR) is 106 cm³/mol. The van der Waals surface area contributed by atoms with Crippen molar-refractivity contribution in [3.05, 3.63) is 94.5 Å². The largest absolute Gasteiger partial charge is 1.00 e. The summed E-state index contributed by atoms with van der Waals surface area (Å²) in [6.45, 7) is 5.79. The van der Waals surface area contributed by atoms with Crippen LogP contribution in [0, 0.1) is 20.8 Å². The molecule has 0 aromatic heterocycles. The number of aryl methyl sites for hydroxylation is 3. The van der Waals surface area contributed by atoms with Crippen LogP contribution in [0.1, 0.15) is 32.6 Å². The molecule has 7 heteroatoms. The summed E-state index contributed by atoms with van der Waals surface area (Å²) in [6, 6.07) is 18.0. The van der Waals surface area contributed by atoms with Gasteiger partial charge < -0.3 is 13.9 Å². The number of carbonyl (C=O) groups excluding carboxylic acids is 1. The fourth-order valence-electron chi connectivity index (χ4n) is 3.11. The number of phosphoric acid groups is 1. The summed E-state index contributed by atoms with van der Waals surface area (Å²) in [6.07, 6.45) is 0. The van der Waals surface area contributed by atoms with E-state index >= 15 is 0 Å². The molecule has 3 aromatic rings. The monoisotopic (exact) mass is 418 g/mol. The maximum absolute atomic E-state index is 12.9. The summed E-state index contributed by atoms with van der Waals surface area (Å²) in [4.78, 5) is 24.9. The Kier molecular flexibility index (Phi) is 7.87. The van der Waals surface area contributed by atoms with Crippen LogP contribution in [-0.4, -0.2) is 5.78 Å². The molecule has 0 fully saturated rings. The number of phosphoric ester groups is 1. The van der Waals surface area contributed by atoms with Gasteiger partial charge in [-0.15, -0.1) is 0 Å². The molecule has 3 rings (SSSR count). The summed E-state index contributed by atoms with van der Waals surface area (Å²) in [5.74, 6) is 0.119. The van der Waals surface area contributed by atoms with E-state index in [-0.39, 0.29) is 46.8 Å². The Balaban J connectivity index is 0.00000300. The zero-order chi connectivity index (χ0) is 20.3. The van der Waals surface area contributed by atoms with Gasteiger partial charge in [0.15, 0.2) is 5.78 Å². The van der Waals surface area contributed by atoms with Gasteiger partial charge >= 0.3 is 37.4 Å². The number of rotatable bonds is 6. The first-order valence-electron chi connectivity index (χ1n) is 8.73. The van der Waals surface area contributed by atoms with E-state index in [0.29, 0.717) is 11.1 Å². The van der Waals surface area contributed by atoms with Gasteiger partial charge in [0.25, 0.3) is 0 Å². The van der Waals surface area contributed by atoms with Gasteiger partial charge in [-0.25, -0.2) is 4.57 Å². The summed E-state index contributed by atoms with van der Waals surface area (Å²) < 4.78 is 21.9. The third-order valence-electron chi connectivity index (χ3n) is 4.20. The van der Waals surface area contributed by atoms with E-state index in [0.717, 1.165) is 16.7 Å². The Hall–Kier alpha value is -1.88. The number of benzene rings is 3. The normalized spacial score (nSPS) is 12.4. The molecule has 0 heterocycles. The van der Waals surface area contributed by atoms with Gasteiger partial charge in [0.1, 0.15) is 11.5 Å². The topological polar surface area (TPSA) is 75.7 Å². The van der Waals surface area contributed by atoms with E-state index in [9.17, 15) is 14.3 Å². The van der Waals surface area contributed by atoms with Crippen LogP contribution in [0.2, 0.25) is 0 Å². The second-order valence-corrected chi connectivity index (χ2v) is 7.83. The molecule has 1 atom stereocenters. The molecule has 29 heavy (non-hydrogen) atoms. The van der Waals surface area contributed by atoms with Crippen LogP contribution >= 0.6 is 7.82 Å². The molecule has 0 spiro atoms. The molecule has 1 unspecified atom stereocenters. The Morgan fingerprint density at radius 2 is 1.31 bits per heavy atom. The average Bonchev–Trinajstić information content (AvgIpc) is 2.61. The van der Waals surface area contributed by atoms with Crippen LogP contribution in [0.5, 0.6) is 11.5 Å². The maximum atomic E-state index is 12.9. The molecule has 0 aliphatic heterocycles. The fraction of sp³-hybridized carbons (Fsp3) is 0.136. The molecule has 0 saturated carbocycles. The molecule has 3 aromatic carbocycles. The van der Waals surface area contributed by atoms with Gasteiger partial charge in [-0.3, -0.25) is 4.79 Å². The third kappa shape index (κ3) is 6.05. The van der Waals surface area contributed by atoms with E-state index in [1.807, 2.05) is 32.9 Å². The number of hydrogen-bond acceptors (Lipinski definition) is 5.